The predicted octanol–water partition coefficient (Wildman–Crippen LogP) is 1.38. The van der Waals surface area contributed by atoms with Crippen molar-refractivity contribution in [1.29, 1.82) is 0 Å². The van der Waals surface area contributed by atoms with Gasteiger partial charge in [-0.15, -0.1) is 0 Å². The molecule has 1 aromatic rings. The van der Waals surface area contributed by atoms with Crippen molar-refractivity contribution >= 4 is 10.0 Å². The van der Waals surface area contributed by atoms with E-state index in [1.54, 1.807) is 29.6 Å². The maximum atomic E-state index is 12.9. The highest BCUT2D eigenvalue weighted by Crippen LogP contribution is 2.32. The van der Waals surface area contributed by atoms with E-state index in [9.17, 15) is 8.42 Å². The molecule has 6 heteroatoms. The van der Waals surface area contributed by atoms with Gasteiger partial charge in [-0.2, -0.15) is 4.31 Å². The van der Waals surface area contributed by atoms with Crippen molar-refractivity contribution in [1.82, 2.24) is 9.62 Å². The highest BCUT2D eigenvalue weighted by Gasteiger charge is 2.41. The molecule has 1 N–H and O–H groups in total. The number of fused-ring (bicyclic) bond motifs is 1. The molecule has 116 valence electrons. The van der Waals surface area contributed by atoms with Crippen LogP contribution in [0.15, 0.2) is 23.1 Å². The minimum Gasteiger partial charge on any atom is -0.496 e. The van der Waals surface area contributed by atoms with Crippen LogP contribution in [0, 0.1) is 12.8 Å². The van der Waals surface area contributed by atoms with Gasteiger partial charge in [0.2, 0.25) is 10.0 Å². The van der Waals surface area contributed by atoms with Crippen LogP contribution in [0.2, 0.25) is 0 Å². The van der Waals surface area contributed by atoms with E-state index >= 15 is 0 Å². The molecule has 0 bridgehead atoms. The number of sulfonamides is 1. The molecule has 3 rings (SSSR count). The molecule has 0 saturated carbocycles. The summed E-state index contributed by atoms with van der Waals surface area (Å²) in [5.74, 6) is 1.17. The van der Waals surface area contributed by atoms with E-state index in [1.807, 2.05) is 6.92 Å². The Bertz CT molecular complexity index is 630. The topological polar surface area (TPSA) is 58.6 Å². The molecule has 0 aliphatic carbocycles. The third-order valence-corrected chi connectivity index (χ3v) is 6.52. The first-order chi connectivity index (χ1) is 10.0. The quantitative estimate of drug-likeness (QED) is 0.916. The van der Waals surface area contributed by atoms with Crippen molar-refractivity contribution in [3.8, 4) is 5.75 Å². The number of piperidine rings is 1. The van der Waals surface area contributed by atoms with Crippen molar-refractivity contribution in [3.05, 3.63) is 23.8 Å². The SMILES string of the molecule is COc1ccc(S(=O)(=O)N2CCCC3CNCC32)cc1C. The molecule has 0 spiro atoms. The van der Waals surface area contributed by atoms with Gasteiger partial charge in [0.15, 0.2) is 0 Å². The second-order valence-electron chi connectivity index (χ2n) is 5.88. The number of aryl methyl sites for hydroxylation is 1. The van der Waals surface area contributed by atoms with Crippen LogP contribution in [0.4, 0.5) is 0 Å². The standard InChI is InChI=1S/C15H22N2O3S/c1-11-8-13(5-6-15(11)20-2)21(18,19)17-7-3-4-12-9-16-10-14(12)17/h5-6,8,12,14,16H,3-4,7,9-10H2,1-2H3. The van der Waals surface area contributed by atoms with Gasteiger partial charge in [0.25, 0.3) is 0 Å². The molecule has 5 nitrogen and oxygen atoms in total. The minimum atomic E-state index is -3.43. The number of hydrogen-bond acceptors (Lipinski definition) is 4. The van der Waals surface area contributed by atoms with Crippen molar-refractivity contribution < 1.29 is 13.2 Å². The zero-order chi connectivity index (χ0) is 15.0. The minimum absolute atomic E-state index is 0.103. The zero-order valence-corrected chi connectivity index (χ0v) is 13.3. The van der Waals surface area contributed by atoms with Gasteiger partial charge in [0.05, 0.1) is 12.0 Å². The molecule has 21 heavy (non-hydrogen) atoms. The maximum absolute atomic E-state index is 12.9. The molecule has 2 atom stereocenters. The lowest BCUT2D eigenvalue weighted by Crippen LogP contribution is -2.48. The van der Waals surface area contributed by atoms with Gasteiger partial charge in [0.1, 0.15) is 5.75 Å². The lowest BCUT2D eigenvalue weighted by atomic mass is 9.94. The van der Waals surface area contributed by atoms with E-state index in [0.717, 1.165) is 31.5 Å². The summed E-state index contributed by atoms with van der Waals surface area (Å²) in [4.78, 5) is 0.369. The second-order valence-corrected chi connectivity index (χ2v) is 7.77. The zero-order valence-electron chi connectivity index (χ0n) is 12.5. The molecular weight excluding hydrogens is 288 g/mol. The van der Waals surface area contributed by atoms with Crippen LogP contribution >= 0.6 is 0 Å². The van der Waals surface area contributed by atoms with Crippen LogP contribution in [0.5, 0.6) is 5.75 Å². The van der Waals surface area contributed by atoms with Gasteiger partial charge < -0.3 is 10.1 Å². The van der Waals surface area contributed by atoms with Gasteiger partial charge in [-0.1, -0.05) is 0 Å². The Labute approximate surface area is 126 Å². The van der Waals surface area contributed by atoms with Gasteiger partial charge in [-0.05, 0) is 56.0 Å². The molecule has 2 heterocycles. The number of nitrogens with one attached hydrogen (secondary N) is 1. The molecule has 0 amide bonds. The first kappa shape index (κ1) is 14.8. The summed E-state index contributed by atoms with van der Waals surface area (Å²) < 4.78 is 32.8. The van der Waals surface area contributed by atoms with Crippen LogP contribution in [0.3, 0.4) is 0 Å². The van der Waals surface area contributed by atoms with Crippen molar-refractivity contribution in [2.24, 2.45) is 5.92 Å². The smallest absolute Gasteiger partial charge is 0.243 e. The Morgan fingerprint density at radius 2 is 2.14 bits per heavy atom. The number of benzene rings is 1. The Balaban J connectivity index is 1.94. The molecule has 2 saturated heterocycles. The van der Waals surface area contributed by atoms with Gasteiger partial charge in [0, 0.05) is 19.1 Å². The Hall–Kier alpha value is -1.11. The van der Waals surface area contributed by atoms with E-state index in [4.69, 9.17) is 4.74 Å². The van der Waals surface area contributed by atoms with Crippen LogP contribution in [0.25, 0.3) is 0 Å². The van der Waals surface area contributed by atoms with Crippen LogP contribution in [0.1, 0.15) is 18.4 Å². The lowest BCUT2D eigenvalue weighted by Gasteiger charge is -2.36. The van der Waals surface area contributed by atoms with Crippen LogP contribution in [-0.2, 0) is 10.0 Å². The third kappa shape index (κ3) is 2.56. The Kier molecular flexibility index (Phi) is 3.94. The number of rotatable bonds is 3. The number of methoxy groups -OCH3 is 1. The summed E-state index contributed by atoms with van der Waals surface area (Å²) in [5, 5.41) is 3.32. The van der Waals surface area contributed by atoms with Crippen LogP contribution < -0.4 is 10.1 Å². The summed E-state index contributed by atoms with van der Waals surface area (Å²) in [6.07, 6.45) is 2.06. The third-order valence-electron chi connectivity index (χ3n) is 4.60. The molecule has 0 aromatic heterocycles. The highest BCUT2D eigenvalue weighted by molar-refractivity contribution is 7.89. The number of ether oxygens (including phenoxy) is 1. The summed E-state index contributed by atoms with van der Waals surface area (Å²) in [7, 11) is -1.83. The van der Waals surface area contributed by atoms with Gasteiger partial charge in [-0.25, -0.2) is 8.42 Å². The van der Waals surface area contributed by atoms with E-state index in [-0.39, 0.29) is 6.04 Å². The fraction of sp³-hybridized carbons (Fsp3) is 0.600. The van der Waals surface area contributed by atoms with Crippen molar-refractivity contribution in [2.45, 2.75) is 30.7 Å². The second kappa shape index (κ2) is 5.59. The molecule has 2 aliphatic heterocycles. The number of hydrogen-bond donors (Lipinski definition) is 1. The first-order valence-corrected chi connectivity index (χ1v) is 8.85. The van der Waals surface area contributed by atoms with E-state index in [2.05, 4.69) is 5.32 Å². The molecule has 2 unspecified atom stereocenters. The monoisotopic (exact) mass is 310 g/mol. The molecule has 2 fully saturated rings. The average molecular weight is 310 g/mol. The lowest BCUT2D eigenvalue weighted by molar-refractivity contribution is 0.217. The molecular formula is C15H22N2O3S. The Morgan fingerprint density at radius 3 is 2.86 bits per heavy atom. The van der Waals surface area contributed by atoms with Gasteiger partial charge >= 0.3 is 0 Å². The molecule has 2 aliphatic rings. The summed E-state index contributed by atoms with van der Waals surface area (Å²) >= 11 is 0. The first-order valence-electron chi connectivity index (χ1n) is 7.41. The summed E-state index contributed by atoms with van der Waals surface area (Å²) in [5.41, 5.74) is 0.844. The summed E-state index contributed by atoms with van der Waals surface area (Å²) in [6.45, 7) is 4.18. The highest BCUT2D eigenvalue weighted by atomic mass is 32.2. The molecule has 0 radical (unpaired) electrons. The van der Waals surface area contributed by atoms with Crippen LogP contribution in [-0.4, -0.2) is 45.5 Å². The Morgan fingerprint density at radius 1 is 1.33 bits per heavy atom. The fourth-order valence-corrected chi connectivity index (χ4v) is 5.28. The largest absolute Gasteiger partial charge is 0.496 e. The molecule has 1 aromatic carbocycles. The predicted molar refractivity (Wildman–Crippen MR) is 81.0 cm³/mol. The normalized spacial score (nSPS) is 26.6. The van der Waals surface area contributed by atoms with Crippen molar-refractivity contribution in [2.75, 3.05) is 26.7 Å². The van der Waals surface area contributed by atoms with Gasteiger partial charge in [-0.3, -0.25) is 0 Å². The van der Waals surface area contributed by atoms with E-state index in [0.29, 0.717) is 23.1 Å². The summed E-state index contributed by atoms with van der Waals surface area (Å²) in [6, 6.07) is 5.19. The fourth-order valence-electron chi connectivity index (χ4n) is 3.47. The van der Waals surface area contributed by atoms with E-state index in [1.165, 1.54) is 0 Å². The van der Waals surface area contributed by atoms with E-state index < -0.39 is 10.0 Å². The van der Waals surface area contributed by atoms with Crippen molar-refractivity contribution in [3.63, 3.8) is 0 Å². The maximum Gasteiger partial charge on any atom is 0.243 e. The number of nitrogens with zero attached hydrogens (tertiary/aromatic N) is 1. The average Bonchev–Trinajstić information content (AvgIpc) is 2.95.